The zero-order chi connectivity index (χ0) is 13.2. The van der Waals surface area contributed by atoms with Gasteiger partial charge >= 0.3 is 0 Å². The molecule has 0 aliphatic carbocycles. The van der Waals surface area contributed by atoms with Gasteiger partial charge in [0.25, 0.3) is 0 Å². The molecular weight excluding hydrogens is 258 g/mol. The first-order chi connectivity index (χ1) is 9.28. The highest BCUT2D eigenvalue weighted by Gasteiger charge is 2.31. The number of hydrogen-bond donors (Lipinski definition) is 1. The largest absolute Gasteiger partial charge is 0.367 e. The van der Waals surface area contributed by atoms with Crippen molar-refractivity contribution in [2.24, 2.45) is 5.73 Å². The molecule has 3 nitrogen and oxygen atoms in total. The van der Waals surface area contributed by atoms with E-state index in [9.17, 15) is 0 Å². The molecule has 2 heterocycles. The third kappa shape index (κ3) is 2.73. The highest BCUT2D eigenvalue weighted by Crippen LogP contribution is 2.31. The number of benzene rings is 1. The van der Waals surface area contributed by atoms with Crippen LogP contribution in [0.5, 0.6) is 0 Å². The van der Waals surface area contributed by atoms with Crippen molar-refractivity contribution in [1.29, 1.82) is 0 Å². The standard InChI is InChI=1S/C15H22ClN3/c16-14-10-12(5-6-17)3-4-15(14)19-9-8-18-7-1-2-13(18)11-19/h3-4,10,13H,1-2,5-9,11,17H2. The van der Waals surface area contributed by atoms with Crippen LogP contribution in [0.2, 0.25) is 5.02 Å². The number of rotatable bonds is 3. The summed E-state index contributed by atoms with van der Waals surface area (Å²) in [7, 11) is 0. The lowest BCUT2D eigenvalue weighted by Crippen LogP contribution is -2.50. The van der Waals surface area contributed by atoms with Crippen molar-refractivity contribution < 1.29 is 0 Å². The van der Waals surface area contributed by atoms with Gasteiger partial charge in [0.05, 0.1) is 10.7 Å². The lowest BCUT2D eigenvalue weighted by molar-refractivity contribution is 0.231. The van der Waals surface area contributed by atoms with Crippen LogP contribution in [0.3, 0.4) is 0 Å². The molecule has 4 heteroatoms. The van der Waals surface area contributed by atoms with Crippen LogP contribution in [-0.2, 0) is 6.42 Å². The lowest BCUT2D eigenvalue weighted by Gasteiger charge is -2.39. The van der Waals surface area contributed by atoms with Gasteiger partial charge < -0.3 is 10.6 Å². The summed E-state index contributed by atoms with van der Waals surface area (Å²) in [6, 6.07) is 7.13. The Morgan fingerprint density at radius 3 is 2.95 bits per heavy atom. The van der Waals surface area contributed by atoms with Crippen LogP contribution in [0.15, 0.2) is 18.2 Å². The van der Waals surface area contributed by atoms with Crippen LogP contribution in [-0.4, -0.2) is 43.7 Å². The van der Waals surface area contributed by atoms with E-state index in [1.54, 1.807) is 0 Å². The Bertz CT molecular complexity index is 449. The SMILES string of the molecule is NCCc1ccc(N2CCN3CCCC3C2)c(Cl)c1. The van der Waals surface area contributed by atoms with Crippen molar-refractivity contribution in [3.05, 3.63) is 28.8 Å². The summed E-state index contributed by atoms with van der Waals surface area (Å²) in [4.78, 5) is 5.06. The molecule has 2 aliphatic heterocycles. The Morgan fingerprint density at radius 2 is 2.16 bits per heavy atom. The fraction of sp³-hybridized carbons (Fsp3) is 0.600. The Hall–Kier alpha value is -0.770. The van der Waals surface area contributed by atoms with Crippen molar-refractivity contribution in [3.8, 4) is 0 Å². The van der Waals surface area contributed by atoms with Crippen LogP contribution in [0.25, 0.3) is 0 Å². The maximum absolute atomic E-state index is 6.45. The zero-order valence-electron chi connectivity index (χ0n) is 11.3. The number of halogens is 1. The van der Waals surface area contributed by atoms with Gasteiger partial charge in [-0.2, -0.15) is 0 Å². The number of nitrogens with two attached hydrogens (primary N) is 1. The van der Waals surface area contributed by atoms with Gasteiger partial charge in [0.2, 0.25) is 0 Å². The molecule has 2 aliphatic rings. The second-order valence-electron chi connectivity index (χ2n) is 5.60. The van der Waals surface area contributed by atoms with E-state index in [4.69, 9.17) is 17.3 Å². The van der Waals surface area contributed by atoms with Crippen molar-refractivity contribution in [1.82, 2.24) is 4.90 Å². The van der Waals surface area contributed by atoms with Crippen LogP contribution >= 0.6 is 11.6 Å². The molecule has 2 N–H and O–H groups in total. The summed E-state index contributed by atoms with van der Waals surface area (Å²) in [6.45, 7) is 5.34. The van der Waals surface area contributed by atoms with E-state index in [-0.39, 0.29) is 0 Å². The topological polar surface area (TPSA) is 32.5 Å². The normalized spacial score (nSPS) is 23.7. The van der Waals surface area contributed by atoms with Gasteiger partial charge in [0.1, 0.15) is 0 Å². The average molecular weight is 280 g/mol. The van der Waals surface area contributed by atoms with E-state index < -0.39 is 0 Å². The van der Waals surface area contributed by atoms with Crippen molar-refractivity contribution in [2.45, 2.75) is 25.3 Å². The van der Waals surface area contributed by atoms with E-state index in [0.29, 0.717) is 6.54 Å². The van der Waals surface area contributed by atoms with Gasteiger partial charge in [0.15, 0.2) is 0 Å². The maximum atomic E-state index is 6.45. The quantitative estimate of drug-likeness (QED) is 0.920. The second kappa shape index (κ2) is 5.70. The van der Waals surface area contributed by atoms with Crippen LogP contribution in [0, 0.1) is 0 Å². The molecule has 1 aromatic carbocycles. The highest BCUT2D eigenvalue weighted by atomic mass is 35.5. The van der Waals surface area contributed by atoms with Gasteiger partial charge in [-0.1, -0.05) is 17.7 Å². The summed E-state index contributed by atoms with van der Waals surface area (Å²) >= 11 is 6.45. The van der Waals surface area contributed by atoms with E-state index in [1.165, 1.54) is 37.2 Å². The Kier molecular flexibility index (Phi) is 3.96. The number of fused-ring (bicyclic) bond motifs is 1. The molecule has 0 saturated carbocycles. The predicted octanol–water partition coefficient (Wildman–Crippen LogP) is 2.13. The molecule has 1 unspecified atom stereocenters. The lowest BCUT2D eigenvalue weighted by atomic mass is 10.1. The Labute approximate surface area is 120 Å². The molecular formula is C15H22ClN3. The average Bonchev–Trinajstić information content (AvgIpc) is 2.86. The van der Waals surface area contributed by atoms with E-state index in [2.05, 4.69) is 28.0 Å². The van der Waals surface area contributed by atoms with Crippen molar-refractivity contribution in [2.75, 3.05) is 37.6 Å². The summed E-state index contributed by atoms with van der Waals surface area (Å²) in [5, 5.41) is 0.873. The zero-order valence-corrected chi connectivity index (χ0v) is 12.1. The fourth-order valence-electron chi connectivity index (χ4n) is 3.34. The van der Waals surface area contributed by atoms with Gasteiger partial charge in [-0.25, -0.2) is 0 Å². The molecule has 1 atom stereocenters. The van der Waals surface area contributed by atoms with Crippen molar-refractivity contribution >= 4 is 17.3 Å². The number of anilines is 1. The second-order valence-corrected chi connectivity index (χ2v) is 6.01. The minimum absolute atomic E-state index is 0.677. The summed E-state index contributed by atoms with van der Waals surface area (Å²) < 4.78 is 0. The monoisotopic (exact) mass is 279 g/mol. The first-order valence-electron chi connectivity index (χ1n) is 7.25. The number of nitrogens with zero attached hydrogens (tertiary/aromatic N) is 2. The van der Waals surface area contributed by atoms with E-state index >= 15 is 0 Å². The molecule has 104 valence electrons. The summed E-state index contributed by atoms with van der Waals surface area (Å²) in [6.07, 6.45) is 3.58. The Balaban J connectivity index is 1.75. The molecule has 3 rings (SSSR count). The van der Waals surface area contributed by atoms with Crippen molar-refractivity contribution in [3.63, 3.8) is 0 Å². The molecule has 19 heavy (non-hydrogen) atoms. The molecule has 2 saturated heterocycles. The fourth-order valence-corrected chi connectivity index (χ4v) is 3.66. The van der Waals surface area contributed by atoms with Gasteiger partial charge in [-0.3, -0.25) is 4.90 Å². The molecule has 1 aromatic rings. The van der Waals surface area contributed by atoms with Crippen LogP contribution < -0.4 is 10.6 Å². The van der Waals surface area contributed by atoms with E-state index in [0.717, 1.165) is 30.6 Å². The highest BCUT2D eigenvalue weighted by molar-refractivity contribution is 6.33. The first-order valence-corrected chi connectivity index (χ1v) is 7.63. The van der Waals surface area contributed by atoms with E-state index in [1.807, 2.05) is 0 Å². The summed E-state index contributed by atoms with van der Waals surface area (Å²) in [5.74, 6) is 0. The van der Waals surface area contributed by atoms with Crippen LogP contribution in [0.1, 0.15) is 18.4 Å². The molecule has 0 aromatic heterocycles. The molecule has 0 radical (unpaired) electrons. The molecule has 0 bridgehead atoms. The molecule has 0 amide bonds. The summed E-state index contributed by atoms with van der Waals surface area (Å²) in [5.41, 5.74) is 8.01. The minimum atomic E-state index is 0.677. The maximum Gasteiger partial charge on any atom is 0.0642 e. The van der Waals surface area contributed by atoms with Crippen LogP contribution in [0.4, 0.5) is 5.69 Å². The number of piperazine rings is 1. The van der Waals surface area contributed by atoms with Gasteiger partial charge in [-0.05, 0) is 50.0 Å². The smallest absolute Gasteiger partial charge is 0.0642 e. The number of hydrogen-bond acceptors (Lipinski definition) is 3. The van der Waals surface area contributed by atoms with Gasteiger partial charge in [-0.15, -0.1) is 0 Å². The minimum Gasteiger partial charge on any atom is -0.367 e. The predicted molar refractivity (Wildman–Crippen MR) is 81.0 cm³/mol. The molecule has 0 spiro atoms. The third-order valence-electron chi connectivity index (χ3n) is 4.37. The third-order valence-corrected chi connectivity index (χ3v) is 4.68. The first kappa shape index (κ1) is 13.2. The Morgan fingerprint density at radius 1 is 1.26 bits per heavy atom. The van der Waals surface area contributed by atoms with Gasteiger partial charge in [0, 0.05) is 25.7 Å². The molecule has 2 fully saturated rings.